The molecule has 0 bridgehead atoms. The molecule has 0 saturated carbocycles. The number of aromatic nitrogens is 1. The van der Waals surface area contributed by atoms with Crippen molar-refractivity contribution in [2.45, 2.75) is 32.9 Å². The molecule has 1 N–H and O–H groups in total. The van der Waals surface area contributed by atoms with Crippen LogP contribution in [0.5, 0.6) is 0 Å². The van der Waals surface area contributed by atoms with Crippen molar-refractivity contribution in [1.29, 1.82) is 0 Å². The molecule has 2 heteroatoms. The van der Waals surface area contributed by atoms with Crippen molar-refractivity contribution in [3.8, 4) is 0 Å². The molecule has 2 nitrogen and oxygen atoms in total. The van der Waals surface area contributed by atoms with Crippen LogP contribution in [0.15, 0.2) is 42.7 Å². The molecule has 0 aliphatic carbocycles. The van der Waals surface area contributed by atoms with E-state index in [1.807, 2.05) is 18.5 Å². The van der Waals surface area contributed by atoms with Gasteiger partial charge in [0, 0.05) is 18.9 Å². The number of aliphatic hydroxyl groups excluding tert-OH is 1. The smallest absolute Gasteiger partial charge is 0.0776 e. The summed E-state index contributed by atoms with van der Waals surface area (Å²) >= 11 is 0. The van der Waals surface area contributed by atoms with Crippen LogP contribution >= 0.6 is 0 Å². The van der Waals surface area contributed by atoms with Crippen molar-refractivity contribution < 1.29 is 5.11 Å². The van der Waals surface area contributed by atoms with Crippen LogP contribution in [0.4, 0.5) is 0 Å². The molecule has 1 atom stereocenters. The molecule has 0 fully saturated rings. The minimum Gasteiger partial charge on any atom is -0.389 e. The lowest BCUT2D eigenvalue weighted by molar-refractivity contribution is 0.199. The standard InChI is InChI=1S/C15H19NO/c1-3-13-4-6-14(7-5-13)10-16-9-8-15(11-16)12(2)17/h4-9,11-12,17H,3,10H2,1-2H3. The third-order valence-corrected chi connectivity index (χ3v) is 3.05. The van der Waals surface area contributed by atoms with Gasteiger partial charge in [-0.1, -0.05) is 31.2 Å². The molecular formula is C15H19NO. The van der Waals surface area contributed by atoms with E-state index in [2.05, 4.69) is 35.8 Å². The van der Waals surface area contributed by atoms with Gasteiger partial charge < -0.3 is 9.67 Å². The monoisotopic (exact) mass is 229 g/mol. The Hall–Kier alpha value is -1.54. The molecular weight excluding hydrogens is 210 g/mol. The van der Waals surface area contributed by atoms with Gasteiger partial charge in [0.25, 0.3) is 0 Å². The Kier molecular flexibility index (Phi) is 3.64. The highest BCUT2D eigenvalue weighted by molar-refractivity contribution is 5.23. The quantitative estimate of drug-likeness (QED) is 0.856. The van der Waals surface area contributed by atoms with Gasteiger partial charge in [-0.25, -0.2) is 0 Å². The van der Waals surface area contributed by atoms with Gasteiger partial charge in [0.15, 0.2) is 0 Å². The molecule has 2 aromatic rings. The van der Waals surface area contributed by atoms with E-state index in [0.29, 0.717) is 0 Å². The second-order valence-electron chi connectivity index (χ2n) is 4.46. The first kappa shape index (κ1) is 11.9. The van der Waals surface area contributed by atoms with E-state index in [1.165, 1.54) is 11.1 Å². The molecule has 0 saturated heterocycles. The average Bonchev–Trinajstić information content (AvgIpc) is 2.79. The Morgan fingerprint density at radius 1 is 1.12 bits per heavy atom. The summed E-state index contributed by atoms with van der Waals surface area (Å²) in [4.78, 5) is 0. The second-order valence-corrected chi connectivity index (χ2v) is 4.46. The van der Waals surface area contributed by atoms with Crippen LogP contribution in [-0.4, -0.2) is 9.67 Å². The fourth-order valence-electron chi connectivity index (χ4n) is 1.90. The Labute approximate surface area is 103 Å². The van der Waals surface area contributed by atoms with Crippen LogP contribution in [0.3, 0.4) is 0 Å². The zero-order valence-electron chi connectivity index (χ0n) is 10.4. The Balaban J connectivity index is 2.08. The van der Waals surface area contributed by atoms with Crippen LogP contribution in [0, 0.1) is 0 Å². The van der Waals surface area contributed by atoms with E-state index in [1.54, 1.807) is 6.92 Å². The molecule has 1 unspecified atom stereocenters. The fraction of sp³-hybridized carbons (Fsp3) is 0.333. The van der Waals surface area contributed by atoms with E-state index >= 15 is 0 Å². The van der Waals surface area contributed by atoms with E-state index in [0.717, 1.165) is 18.5 Å². The molecule has 0 aliphatic heterocycles. The summed E-state index contributed by atoms with van der Waals surface area (Å²) in [5.41, 5.74) is 3.62. The minimum atomic E-state index is -0.390. The highest BCUT2D eigenvalue weighted by Gasteiger charge is 2.03. The largest absolute Gasteiger partial charge is 0.389 e. The first-order chi connectivity index (χ1) is 8.19. The van der Waals surface area contributed by atoms with Crippen molar-refractivity contribution in [1.82, 2.24) is 4.57 Å². The maximum Gasteiger partial charge on any atom is 0.0776 e. The topological polar surface area (TPSA) is 25.2 Å². The van der Waals surface area contributed by atoms with Gasteiger partial charge in [-0.05, 0) is 36.1 Å². The summed E-state index contributed by atoms with van der Waals surface area (Å²) in [6.07, 6.45) is 4.70. The summed E-state index contributed by atoms with van der Waals surface area (Å²) in [7, 11) is 0. The molecule has 0 aliphatic rings. The molecule has 0 amide bonds. The number of hydrogen-bond donors (Lipinski definition) is 1. The van der Waals surface area contributed by atoms with Gasteiger partial charge in [0.05, 0.1) is 6.10 Å². The normalized spacial score (nSPS) is 12.6. The van der Waals surface area contributed by atoms with Crippen LogP contribution in [0.25, 0.3) is 0 Å². The molecule has 0 radical (unpaired) electrons. The Morgan fingerprint density at radius 3 is 2.29 bits per heavy atom. The fourth-order valence-corrected chi connectivity index (χ4v) is 1.90. The van der Waals surface area contributed by atoms with Gasteiger partial charge in [0.2, 0.25) is 0 Å². The first-order valence-electron chi connectivity index (χ1n) is 6.10. The first-order valence-corrected chi connectivity index (χ1v) is 6.10. The summed E-state index contributed by atoms with van der Waals surface area (Å²) in [5.74, 6) is 0. The van der Waals surface area contributed by atoms with E-state index in [9.17, 15) is 5.11 Å². The SMILES string of the molecule is CCc1ccc(Cn2ccc(C(C)O)c2)cc1. The van der Waals surface area contributed by atoms with Crippen molar-refractivity contribution in [3.63, 3.8) is 0 Å². The highest BCUT2D eigenvalue weighted by Crippen LogP contribution is 2.13. The third kappa shape index (κ3) is 2.98. The van der Waals surface area contributed by atoms with Gasteiger partial charge in [0.1, 0.15) is 0 Å². The lowest BCUT2D eigenvalue weighted by Crippen LogP contribution is -1.97. The van der Waals surface area contributed by atoms with Gasteiger partial charge >= 0.3 is 0 Å². The summed E-state index contributed by atoms with van der Waals surface area (Å²) in [6, 6.07) is 10.6. The number of aliphatic hydroxyl groups is 1. The van der Waals surface area contributed by atoms with Crippen LogP contribution < -0.4 is 0 Å². The second kappa shape index (κ2) is 5.19. The van der Waals surface area contributed by atoms with E-state index in [4.69, 9.17) is 0 Å². The van der Waals surface area contributed by atoms with Crippen LogP contribution in [-0.2, 0) is 13.0 Å². The number of hydrogen-bond acceptors (Lipinski definition) is 1. The average molecular weight is 229 g/mol. The predicted octanol–water partition coefficient (Wildman–Crippen LogP) is 3.15. The maximum absolute atomic E-state index is 9.46. The highest BCUT2D eigenvalue weighted by atomic mass is 16.3. The van der Waals surface area contributed by atoms with Gasteiger partial charge in [-0.15, -0.1) is 0 Å². The van der Waals surface area contributed by atoms with Crippen molar-refractivity contribution in [2.75, 3.05) is 0 Å². The number of benzene rings is 1. The predicted molar refractivity (Wildman–Crippen MR) is 70.0 cm³/mol. The lowest BCUT2D eigenvalue weighted by Gasteiger charge is -2.05. The molecule has 90 valence electrons. The zero-order chi connectivity index (χ0) is 12.3. The third-order valence-electron chi connectivity index (χ3n) is 3.05. The van der Waals surface area contributed by atoms with E-state index in [-0.39, 0.29) is 0 Å². The van der Waals surface area contributed by atoms with E-state index < -0.39 is 6.10 Å². The Morgan fingerprint density at radius 2 is 1.76 bits per heavy atom. The maximum atomic E-state index is 9.46. The number of rotatable bonds is 4. The summed E-state index contributed by atoms with van der Waals surface area (Å²) < 4.78 is 2.10. The van der Waals surface area contributed by atoms with Gasteiger partial charge in [-0.2, -0.15) is 0 Å². The molecule has 0 spiro atoms. The van der Waals surface area contributed by atoms with Crippen LogP contribution in [0.1, 0.15) is 36.6 Å². The number of nitrogens with zero attached hydrogens (tertiary/aromatic N) is 1. The minimum absolute atomic E-state index is 0.390. The molecule has 17 heavy (non-hydrogen) atoms. The lowest BCUT2D eigenvalue weighted by atomic mass is 10.1. The Bertz CT molecular complexity index is 468. The zero-order valence-corrected chi connectivity index (χ0v) is 10.4. The molecule has 1 aromatic heterocycles. The molecule has 1 aromatic carbocycles. The summed E-state index contributed by atoms with van der Waals surface area (Å²) in [5, 5.41) is 9.46. The van der Waals surface area contributed by atoms with Gasteiger partial charge in [-0.3, -0.25) is 0 Å². The summed E-state index contributed by atoms with van der Waals surface area (Å²) in [6.45, 7) is 4.81. The molecule has 2 rings (SSSR count). The van der Waals surface area contributed by atoms with Crippen molar-refractivity contribution in [2.24, 2.45) is 0 Å². The van der Waals surface area contributed by atoms with Crippen LogP contribution in [0.2, 0.25) is 0 Å². The van der Waals surface area contributed by atoms with Crippen molar-refractivity contribution >= 4 is 0 Å². The number of aryl methyl sites for hydroxylation is 1. The molecule has 1 heterocycles. The van der Waals surface area contributed by atoms with Crippen molar-refractivity contribution in [3.05, 3.63) is 59.4 Å².